The lowest BCUT2D eigenvalue weighted by Gasteiger charge is -2.36. The third-order valence-electron chi connectivity index (χ3n) is 8.16. The Morgan fingerprint density at radius 1 is 0.946 bits per heavy atom. The molecule has 4 heterocycles. The minimum Gasteiger partial charge on any atom is -0.337 e. The highest BCUT2D eigenvalue weighted by atomic mass is 16.2. The van der Waals surface area contributed by atoms with Crippen LogP contribution < -0.4 is 0 Å². The summed E-state index contributed by atoms with van der Waals surface area (Å²) in [5.74, 6) is 0.932. The second-order valence-electron chi connectivity index (χ2n) is 10.7. The monoisotopic (exact) mass is 499 g/mol. The third kappa shape index (κ3) is 5.80. The largest absolute Gasteiger partial charge is 0.337 e. The quantitative estimate of drug-likeness (QED) is 0.340. The predicted octanol–water partition coefficient (Wildman–Crippen LogP) is 5.97. The molecule has 0 saturated carbocycles. The molecule has 6 nitrogen and oxygen atoms in total. The molecule has 196 valence electrons. The highest BCUT2D eigenvalue weighted by molar-refractivity contribution is 5.99. The van der Waals surface area contributed by atoms with Crippen molar-refractivity contribution in [1.29, 1.82) is 0 Å². The van der Waals surface area contributed by atoms with Crippen LogP contribution in [-0.4, -0.2) is 62.5 Å². The first-order chi connectivity index (χ1) is 18.2. The fourth-order valence-electron chi connectivity index (χ4n) is 6.03. The Morgan fingerprint density at radius 3 is 2.43 bits per heavy atom. The number of nitrogens with zero attached hydrogens (tertiary/aromatic N) is 5. The van der Waals surface area contributed by atoms with Gasteiger partial charge in [-0.2, -0.15) is 0 Å². The smallest absolute Gasteiger partial charge is 0.272 e. The number of pyridine rings is 1. The lowest BCUT2D eigenvalue weighted by Crippen LogP contribution is -2.46. The van der Waals surface area contributed by atoms with Gasteiger partial charge < -0.3 is 14.4 Å². The van der Waals surface area contributed by atoms with Crippen LogP contribution in [0.4, 0.5) is 0 Å². The van der Waals surface area contributed by atoms with Gasteiger partial charge in [0.15, 0.2) is 0 Å². The van der Waals surface area contributed by atoms with Crippen molar-refractivity contribution >= 4 is 5.91 Å². The molecule has 37 heavy (non-hydrogen) atoms. The number of piperidine rings is 1. The van der Waals surface area contributed by atoms with E-state index < -0.39 is 0 Å². The van der Waals surface area contributed by atoms with E-state index in [0.717, 1.165) is 55.0 Å². The highest BCUT2D eigenvalue weighted by Crippen LogP contribution is 2.31. The number of imidazole rings is 1. The number of likely N-dealkylation sites (tertiary alicyclic amines) is 2. The van der Waals surface area contributed by atoms with Crippen molar-refractivity contribution in [2.75, 3.05) is 26.2 Å². The Hall–Kier alpha value is -2.99. The second-order valence-corrected chi connectivity index (χ2v) is 10.7. The maximum absolute atomic E-state index is 14.0. The van der Waals surface area contributed by atoms with E-state index in [0.29, 0.717) is 11.7 Å². The highest BCUT2D eigenvalue weighted by Gasteiger charge is 2.32. The van der Waals surface area contributed by atoms with E-state index in [4.69, 9.17) is 4.98 Å². The topological polar surface area (TPSA) is 54.3 Å². The number of aryl methyl sites for hydroxylation is 1. The van der Waals surface area contributed by atoms with Crippen LogP contribution in [0.5, 0.6) is 0 Å². The lowest BCUT2D eigenvalue weighted by atomic mass is 10.0. The molecule has 0 atom stereocenters. The molecule has 5 rings (SSSR count). The van der Waals surface area contributed by atoms with Gasteiger partial charge >= 0.3 is 0 Å². The first-order valence-corrected chi connectivity index (χ1v) is 14.3. The fourth-order valence-corrected chi connectivity index (χ4v) is 6.03. The zero-order valence-electron chi connectivity index (χ0n) is 22.5. The SMILES string of the molecule is CCCCCCc1cccc(-c2nc(-c3ccncc3)c(C(=O)N3CCC(N4CCCC4)CC3)n2C)c1. The van der Waals surface area contributed by atoms with Gasteiger partial charge in [0.2, 0.25) is 0 Å². The van der Waals surface area contributed by atoms with E-state index in [2.05, 4.69) is 41.1 Å². The molecule has 3 aromatic rings. The van der Waals surface area contributed by atoms with Crippen LogP contribution in [0.25, 0.3) is 22.6 Å². The summed E-state index contributed by atoms with van der Waals surface area (Å²) < 4.78 is 2.01. The fraction of sp³-hybridized carbons (Fsp3) is 0.516. The van der Waals surface area contributed by atoms with E-state index >= 15 is 0 Å². The number of aromatic nitrogens is 3. The zero-order valence-corrected chi connectivity index (χ0v) is 22.5. The number of hydrogen-bond acceptors (Lipinski definition) is 4. The lowest BCUT2D eigenvalue weighted by molar-refractivity contribution is 0.0636. The first-order valence-electron chi connectivity index (χ1n) is 14.3. The van der Waals surface area contributed by atoms with Crippen molar-refractivity contribution in [3.63, 3.8) is 0 Å². The molecule has 1 aromatic carbocycles. The Labute approximate surface area is 221 Å². The Kier molecular flexibility index (Phi) is 8.34. The predicted molar refractivity (Wildman–Crippen MR) is 149 cm³/mol. The van der Waals surface area contributed by atoms with Crippen LogP contribution in [0.1, 0.15) is 74.3 Å². The molecule has 0 bridgehead atoms. The maximum atomic E-state index is 14.0. The number of benzene rings is 1. The average Bonchev–Trinajstić information content (AvgIpc) is 3.60. The second kappa shape index (κ2) is 12.0. The molecule has 2 saturated heterocycles. The van der Waals surface area contributed by atoms with Gasteiger partial charge in [0, 0.05) is 49.7 Å². The molecule has 0 N–H and O–H groups in total. The van der Waals surface area contributed by atoms with Gasteiger partial charge in [-0.3, -0.25) is 9.78 Å². The minimum atomic E-state index is 0.0867. The van der Waals surface area contributed by atoms with Gasteiger partial charge in [-0.15, -0.1) is 0 Å². The molecule has 6 heteroatoms. The van der Waals surface area contributed by atoms with Crippen LogP contribution in [0.2, 0.25) is 0 Å². The standard InChI is InChI=1S/C31H41N5O/c1-3-4-5-6-10-24-11-9-12-26(23-24)30-33-28(25-13-17-32-18-14-25)29(34(30)2)31(37)36-21-15-27(16-22-36)35-19-7-8-20-35/h9,11-14,17-18,23,27H,3-8,10,15-16,19-22H2,1-2H3. The summed E-state index contributed by atoms with van der Waals surface area (Å²) in [5.41, 5.74) is 4.76. The summed E-state index contributed by atoms with van der Waals surface area (Å²) in [7, 11) is 1.99. The third-order valence-corrected chi connectivity index (χ3v) is 8.16. The number of carbonyl (C=O) groups is 1. The average molecular weight is 500 g/mol. The molecule has 0 spiro atoms. The van der Waals surface area contributed by atoms with Gasteiger partial charge in [-0.1, -0.05) is 44.4 Å². The van der Waals surface area contributed by atoms with Crippen molar-refractivity contribution in [3.8, 4) is 22.6 Å². The van der Waals surface area contributed by atoms with Crippen LogP contribution in [0.15, 0.2) is 48.8 Å². The van der Waals surface area contributed by atoms with Crippen LogP contribution >= 0.6 is 0 Å². The zero-order chi connectivity index (χ0) is 25.6. The molecule has 0 aliphatic carbocycles. The summed E-state index contributed by atoms with van der Waals surface area (Å²) in [4.78, 5) is 27.9. The Morgan fingerprint density at radius 2 is 1.70 bits per heavy atom. The first kappa shape index (κ1) is 25.7. The summed E-state index contributed by atoms with van der Waals surface area (Å²) in [5, 5.41) is 0. The van der Waals surface area contributed by atoms with Crippen molar-refractivity contribution < 1.29 is 4.79 Å². The number of hydrogen-bond donors (Lipinski definition) is 0. The molecule has 0 unspecified atom stereocenters. The van der Waals surface area contributed by atoms with Crippen molar-refractivity contribution in [1.82, 2.24) is 24.3 Å². The minimum absolute atomic E-state index is 0.0867. The van der Waals surface area contributed by atoms with Crippen molar-refractivity contribution in [3.05, 3.63) is 60.0 Å². The van der Waals surface area contributed by atoms with Gasteiger partial charge in [0.1, 0.15) is 17.2 Å². The summed E-state index contributed by atoms with van der Waals surface area (Å²) >= 11 is 0. The van der Waals surface area contributed by atoms with E-state index in [1.165, 1.54) is 57.2 Å². The molecule has 1 amide bonds. The van der Waals surface area contributed by atoms with E-state index in [-0.39, 0.29) is 5.91 Å². The molecule has 0 radical (unpaired) electrons. The van der Waals surface area contributed by atoms with Crippen LogP contribution in [0.3, 0.4) is 0 Å². The van der Waals surface area contributed by atoms with Crippen molar-refractivity contribution in [2.24, 2.45) is 7.05 Å². The van der Waals surface area contributed by atoms with Crippen LogP contribution in [-0.2, 0) is 13.5 Å². The molecule has 2 aliphatic heterocycles. The Bertz CT molecular complexity index is 1170. The normalized spacial score (nSPS) is 17.0. The number of carbonyl (C=O) groups excluding carboxylic acids is 1. The van der Waals surface area contributed by atoms with E-state index in [9.17, 15) is 4.79 Å². The Balaban J connectivity index is 1.41. The number of unbranched alkanes of at least 4 members (excludes halogenated alkanes) is 3. The number of amides is 1. The van der Waals surface area contributed by atoms with Crippen LogP contribution in [0, 0.1) is 0 Å². The summed E-state index contributed by atoms with van der Waals surface area (Å²) in [6.07, 6.45) is 14.4. The van der Waals surface area contributed by atoms with Gasteiger partial charge in [-0.25, -0.2) is 4.98 Å². The molecular formula is C31H41N5O. The van der Waals surface area contributed by atoms with Gasteiger partial charge in [0.25, 0.3) is 5.91 Å². The molecule has 2 fully saturated rings. The van der Waals surface area contributed by atoms with Gasteiger partial charge in [0.05, 0.1) is 0 Å². The van der Waals surface area contributed by atoms with Crippen molar-refractivity contribution in [2.45, 2.75) is 70.8 Å². The van der Waals surface area contributed by atoms with E-state index in [1.807, 2.05) is 28.6 Å². The molecular weight excluding hydrogens is 458 g/mol. The van der Waals surface area contributed by atoms with E-state index in [1.54, 1.807) is 12.4 Å². The molecule has 2 aliphatic rings. The summed E-state index contributed by atoms with van der Waals surface area (Å²) in [6.45, 7) is 6.30. The summed E-state index contributed by atoms with van der Waals surface area (Å²) in [6, 6.07) is 13.2. The molecule has 2 aromatic heterocycles. The maximum Gasteiger partial charge on any atom is 0.272 e. The number of rotatable bonds is 9. The van der Waals surface area contributed by atoms with Gasteiger partial charge in [-0.05, 0) is 75.4 Å².